The zero-order valence-electron chi connectivity index (χ0n) is 12.3. The summed E-state index contributed by atoms with van der Waals surface area (Å²) in [6.45, 7) is 0.410. The van der Waals surface area contributed by atoms with Gasteiger partial charge in [-0.1, -0.05) is 41.9 Å². The number of ether oxygens (including phenoxy) is 2. The second kappa shape index (κ2) is 6.53. The number of aliphatic hydroxyl groups excluding tert-OH is 1. The Balaban J connectivity index is 2.11. The van der Waals surface area contributed by atoms with Crippen LogP contribution in [-0.4, -0.2) is 31.5 Å². The summed E-state index contributed by atoms with van der Waals surface area (Å²) in [5.41, 5.74) is 0. The molecule has 0 aliphatic heterocycles. The van der Waals surface area contributed by atoms with Crippen LogP contribution in [0.5, 0.6) is 5.75 Å². The lowest BCUT2D eigenvalue weighted by Crippen LogP contribution is -2.22. The molecule has 114 valence electrons. The molecule has 0 saturated heterocycles. The molecule has 4 heteroatoms. The van der Waals surface area contributed by atoms with Crippen LogP contribution in [0, 0.1) is 0 Å². The number of benzene rings is 3. The van der Waals surface area contributed by atoms with Crippen molar-refractivity contribution in [2.45, 2.75) is 6.10 Å². The van der Waals surface area contributed by atoms with Crippen molar-refractivity contribution < 1.29 is 14.6 Å². The number of hydrogen-bond donors (Lipinski definition) is 1. The predicted molar refractivity (Wildman–Crippen MR) is 89.8 cm³/mol. The van der Waals surface area contributed by atoms with E-state index in [2.05, 4.69) is 6.07 Å². The first-order valence-corrected chi connectivity index (χ1v) is 7.47. The molecule has 0 bridgehead atoms. The highest BCUT2D eigenvalue weighted by Crippen LogP contribution is 2.36. The Morgan fingerprint density at radius 1 is 1.00 bits per heavy atom. The van der Waals surface area contributed by atoms with Crippen LogP contribution in [0.2, 0.25) is 5.02 Å². The van der Waals surface area contributed by atoms with E-state index in [-0.39, 0.29) is 13.2 Å². The number of methoxy groups -OCH3 is 1. The molecule has 1 unspecified atom stereocenters. The second-order valence-corrected chi connectivity index (χ2v) is 5.65. The molecule has 3 aromatic rings. The zero-order valence-corrected chi connectivity index (χ0v) is 13.0. The maximum atomic E-state index is 9.83. The molecule has 3 nitrogen and oxygen atoms in total. The Bertz CT molecular complexity index is 801. The molecule has 0 amide bonds. The van der Waals surface area contributed by atoms with Crippen molar-refractivity contribution in [1.29, 1.82) is 0 Å². The van der Waals surface area contributed by atoms with Crippen LogP contribution >= 0.6 is 11.6 Å². The molecule has 0 fully saturated rings. The van der Waals surface area contributed by atoms with Crippen LogP contribution in [0.3, 0.4) is 0 Å². The average Bonchev–Trinajstić information content (AvgIpc) is 2.52. The maximum Gasteiger partial charge on any atom is 0.135 e. The Morgan fingerprint density at radius 3 is 2.59 bits per heavy atom. The van der Waals surface area contributed by atoms with E-state index >= 15 is 0 Å². The van der Waals surface area contributed by atoms with Gasteiger partial charge in [0.2, 0.25) is 0 Å². The van der Waals surface area contributed by atoms with E-state index in [4.69, 9.17) is 21.1 Å². The zero-order chi connectivity index (χ0) is 15.5. The Hall–Kier alpha value is -1.81. The van der Waals surface area contributed by atoms with E-state index in [0.717, 1.165) is 27.3 Å². The summed E-state index contributed by atoms with van der Waals surface area (Å²) in [5, 5.41) is 14.6. The molecule has 22 heavy (non-hydrogen) atoms. The van der Waals surface area contributed by atoms with Gasteiger partial charge in [-0.05, 0) is 29.0 Å². The minimum atomic E-state index is -0.668. The van der Waals surface area contributed by atoms with Gasteiger partial charge in [0.25, 0.3) is 0 Å². The predicted octanol–water partition coefficient (Wildman–Crippen LogP) is 4.03. The van der Waals surface area contributed by atoms with Gasteiger partial charge in [0.1, 0.15) is 18.5 Å². The second-order valence-electron chi connectivity index (χ2n) is 5.21. The molecule has 0 aliphatic rings. The largest absolute Gasteiger partial charge is 0.489 e. The Labute approximate surface area is 134 Å². The van der Waals surface area contributed by atoms with Crippen molar-refractivity contribution in [2.75, 3.05) is 20.3 Å². The standard InChI is InChI=1S/C18H17ClO3/c1-21-10-15(20)11-22-18-16-5-3-2-4-12(16)8-13-6-7-14(19)9-17(13)18/h2-9,15,20H,10-11H2,1H3. The van der Waals surface area contributed by atoms with Crippen LogP contribution in [-0.2, 0) is 4.74 Å². The monoisotopic (exact) mass is 316 g/mol. The van der Waals surface area contributed by atoms with Gasteiger partial charge >= 0.3 is 0 Å². The highest BCUT2D eigenvalue weighted by atomic mass is 35.5. The Morgan fingerprint density at radius 2 is 1.77 bits per heavy atom. The minimum Gasteiger partial charge on any atom is -0.489 e. The van der Waals surface area contributed by atoms with E-state index in [0.29, 0.717) is 5.02 Å². The molecule has 0 radical (unpaired) electrons. The quantitative estimate of drug-likeness (QED) is 0.722. The van der Waals surface area contributed by atoms with Crippen molar-refractivity contribution >= 4 is 33.1 Å². The minimum absolute atomic E-state index is 0.170. The maximum absolute atomic E-state index is 9.83. The number of halogens is 1. The first-order valence-electron chi connectivity index (χ1n) is 7.10. The van der Waals surface area contributed by atoms with Crippen molar-refractivity contribution in [2.24, 2.45) is 0 Å². The first-order chi connectivity index (χ1) is 10.7. The van der Waals surface area contributed by atoms with Gasteiger partial charge in [0.05, 0.1) is 6.61 Å². The molecule has 0 heterocycles. The van der Waals surface area contributed by atoms with Crippen LogP contribution < -0.4 is 4.74 Å². The third kappa shape index (κ3) is 3.02. The van der Waals surface area contributed by atoms with Crippen molar-refractivity contribution in [3.63, 3.8) is 0 Å². The van der Waals surface area contributed by atoms with Crippen molar-refractivity contribution in [3.05, 3.63) is 53.6 Å². The highest BCUT2D eigenvalue weighted by Gasteiger charge is 2.12. The van der Waals surface area contributed by atoms with E-state index in [9.17, 15) is 5.11 Å². The number of hydrogen-bond acceptors (Lipinski definition) is 3. The summed E-state index contributed by atoms with van der Waals surface area (Å²) in [7, 11) is 1.55. The van der Waals surface area contributed by atoms with E-state index < -0.39 is 6.10 Å². The van der Waals surface area contributed by atoms with Gasteiger partial charge in [-0.3, -0.25) is 0 Å². The normalized spacial score (nSPS) is 12.7. The molecule has 1 atom stereocenters. The highest BCUT2D eigenvalue weighted by molar-refractivity contribution is 6.31. The molecular weight excluding hydrogens is 300 g/mol. The van der Waals surface area contributed by atoms with Gasteiger partial charge in [0.15, 0.2) is 0 Å². The average molecular weight is 317 g/mol. The molecule has 0 aromatic heterocycles. The molecule has 3 aromatic carbocycles. The molecular formula is C18H17ClO3. The smallest absolute Gasteiger partial charge is 0.135 e. The molecule has 1 N–H and O–H groups in total. The third-order valence-electron chi connectivity index (χ3n) is 3.56. The van der Waals surface area contributed by atoms with Crippen LogP contribution in [0.25, 0.3) is 21.5 Å². The lowest BCUT2D eigenvalue weighted by Gasteiger charge is -2.16. The van der Waals surface area contributed by atoms with E-state index in [1.165, 1.54) is 0 Å². The topological polar surface area (TPSA) is 38.7 Å². The number of fused-ring (bicyclic) bond motifs is 2. The SMILES string of the molecule is COCC(O)COc1c2ccccc2cc2ccc(Cl)cc12. The molecule has 3 rings (SSSR count). The molecule has 0 spiro atoms. The molecule has 0 aliphatic carbocycles. The summed E-state index contributed by atoms with van der Waals surface area (Å²) < 4.78 is 10.8. The van der Waals surface area contributed by atoms with Gasteiger partial charge in [-0.25, -0.2) is 0 Å². The summed E-state index contributed by atoms with van der Waals surface area (Å²) in [4.78, 5) is 0. The van der Waals surface area contributed by atoms with Gasteiger partial charge in [-0.15, -0.1) is 0 Å². The summed E-state index contributed by atoms with van der Waals surface area (Å²) in [6.07, 6.45) is -0.668. The first kappa shape index (κ1) is 15.1. The van der Waals surface area contributed by atoms with Crippen LogP contribution in [0.15, 0.2) is 48.5 Å². The fraction of sp³-hybridized carbons (Fsp3) is 0.222. The third-order valence-corrected chi connectivity index (χ3v) is 3.79. The van der Waals surface area contributed by atoms with Gasteiger partial charge in [-0.2, -0.15) is 0 Å². The van der Waals surface area contributed by atoms with Gasteiger partial charge in [0, 0.05) is 22.9 Å². The summed E-state index contributed by atoms with van der Waals surface area (Å²) in [5.74, 6) is 0.741. The fourth-order valence-electron chi connectivity index (χ4n) is 2.57. The van der Waals surface area contributed by atoms with Crippen molar-refractivity contribution in [1.82, 2.24) is 0 Å². The van der Waals surface area contributed by atoms with E-state index in [1.807, 2.05) is 42.5 Å². The van der Waals surface area contributed by atoms with Crippen molar-refractivity contribution in [3.8, 4) is 5.75 Å². The van der Waals surface area contributed by atoms with E-state index in [1.54, 1.807) is 7.11 Å². The fourth-order valence-corrected chi connectivity index (χ4v) is 2.74. The van der Waals surface area contributed by atoms with Crippen LogP contribution in [0.4, 0.5) is 0 Å². The number of rotatable bonds is 5. The van der Waals surface area contributed by atoms with Gasteiger partial charge < -0.3 is 14.6 Å². The summed E-state index contributed by atoms with van der Waals surface area (Å²) >= 11 is 6.13. The Kier molecular flexibility index (Phi) is 4.48. The number of aliphatic hydroxyl groups is 1. The van der Waals surface area contributed by atoms with Crippen LogP contribution in [0.1, 0.15) is 0 Å². The lowest BCUT2D eigenvalue weighted by atomic mass is 10.0. The summed E-state index contributed by atoms with van der Waals surface area (Å²) in [6, 6.07) is 15.9. The lowest BCUT2D eigenvalue weighted by molar-refractivity contribution is 0.0333. The molecule has 0 saturated carbocycles.